The van der Waals surface area contributed by atoms with Crippen molar-refractivity contribution < 1.29 is 4.79 Å². The maximum absolute atomic E-state index is 11.8. The van der Waals surface area contributed by atoms with Gasteiger partial charge in [-0.1, -0.05) is 36.4 Å². The van der Waals surface area contributed by atoms with Crippen molar-refractivity contribution in [3.8, 4) is 0 Å². The topological polar surface area (TPSA) is 43.1 Å². The molecule has 0 saturated heterocycles. The number of hydrogen-bond acceptors (Lipinski definition) is 2. The van der Waals surface area contributed by atoms with Crippen molar-refractivity contribution in [3.05, 3.63) is 94.1 Å². The van der Waals surface area contributed by atoms with Crippen LogP contribution in [-0.2, 0) is 11.2 Å². The average Bonchev–Trinajstić information content (AvgIpc) is 2.53. The SMILES string of the molecule is Cc1cc(N)ccc1C1=C2C=CC(=O)C=C2Cc2ccccc21. The lowest BCUT2D eigenvalue weighted by Crippen LogP contribution is -2.12. The summed E-state index contributed by atoms with van der Waals surface area (Å²) in [5.74, 6) is 0.0662. The minimum absolute atomic E-state index is 0.0662. The highest BCUT2D eigenvalue weighted by Crippen LogP contribution is 2.41. The van der Waals surface area contributed by atoms with E-state index in [1.807, 2.05) is 18.2 Å². The first-order valence-electron chi connectivity index (χ1n) is 7.75. The minimum atomic E-state index is 0.0662. The molecule has 0 spiro atoms. The minimum Gasteiger partial charge on any atom is -0.399 e. The Morgan fingerprint density at radius 2 is 1.83 bits per heavy atom. The van der Waals surface area contributed by atoms with E-state index in [9.17, 15) is 4.79 Å². The van der Waals surface area contributed by atoms with Gasteiger partial charge in [0.1, 0.15) is 0 Å². The molecular weight excluding hydrogens is 282 g/mol. The van der Waals surface area contributed by atoms with Gasteiger partial charge in [0.15, 0.2) is 5.78 Å². The smallest absolute Gasteiger partial charge is 0.178 e. The molecular formula is C21H17NO. The van der Waals surface area contributed by atoms with Gasteiger partial charge in [-0.2, -0.15) is 0 Å². The molecule has 2 aliphatic rings. The molecule has 2 N–H and O–H groups in total. The number of aryl methyl sites for hydroxylation is 1. The lowest BCUT2D eigenvalue weighted by molar-refractivity contribution is -0.110. The zero-order chi connectivity index (χ0) is 16.0. The van der Waals surface area contributed by atoms with E-state index >= 15 is 0 Å². The number of nitrogen functional groups attached to an aromatic ring is 1. The van der Waals surface area contributed by atoms with Crippen molar-refractivity contribution in [3.63, 3.8) is 0 Å². The van der Waals surface area contributed by atoms with Crippen LogP contribution in [0.15, 0.2) is 71.8 Å². The van der Waals surface area contributed by atoms with Crippen molar-refractivity contribution in [2.24, 2.45) is 0 Å². The molecule has 0 amide bonds. The molecule has 0 aliphatic heterocycles. The summed E-state index contributed by atoms with van der Waals surface area (Å²) in [6.45, 7) is 2.08. The van der Waals surface area contributed by atoms with Crippen LogP contribution < -0.4 is 5.73 Å². The summed E-state index contributed by atoms with van der Waals surface area (Å²) in [6, 6.07) is 14.4. The lowest BCUT2D eigenvalue weighted by atomic mass is 9.77. The molecule has 0 radical (unpaired) electrons. The number of benzene rings is 2. The largest absolute Gasteiger partial charge is 0.399 e. The second-order valence-corrected chi connectivity index (χ2v) is 6.10. The summed E-state index contributed by atoms with van der Waals surface area (Å²) in [7, 11) is 0. The number of fused-ring (bicyclic) bond motifs is 2. The van der Waals surface area contributed by atoms with Crippen LogP contribution in [0.4, 0.5) is 5.69 Å². The number of carbonyl (C=O) groups is 1. The van der Waals surface area contributed by atoms with Gasteiger partial charge in [0.2, 0.25) is 0 Å². The fourth-order valence-corrected chi connectivity index (χ4v) is 3.49. The normalized spacial score (nSPS) is 16.0. The van der Waals surface area contributed by atoms with Crippen LogP contribution in [0, 0.1) is 6.92 Å². The van der Waals surface area contributed by atoms with E-state index in [1.165, 1.54) is 22.3 Å². The molecule has 4 rings (SSSR count). The van der Waals surface area contributed by atoms with Gasteiger partial charge in [-0.05, 0) is 76.6 Å². The van der Waals surface area contributed by atoms with Crippen LogP contribution in [0.1, 0.15) is 22.3 Å². The molecule has 2 aromatic rings. The summed E-state index contributed by atoms with van der Waals surface area (Å²) in [5, 5.41) is 0. The van der Waals surface area contributed by atoms with Gasteiger partial charge in [0.05, 0.1) is 0 Å². The summed E-state index contributed by atoms with van der Waals surface area (Å²) in [4.78, 5) is 11.8. The molecule has 0 saturated carbocycles. The van der Waals surface area contributed by atoms with Crippen LogP contribution in [0.25, 0.3) is 5.57 Å². The van der Waals surface area contributed by atoms with Crippen LogP contribution >= 0.6 is 0 Å². The van der Waals surface area contributed by atoms with Crippen molar-refractivity contribution in [2.75, 3.05) is 5.73 Å². The zero-order valence-electron chi connectivity index (χ0n) is 13.0. The number of allylic oxidation sites excluding steroid dienone is 5. The summed E-state index contributed by atoms with van der Waals surface area (Å²) < 4.78 is 0. The highest BCUT2D eigenvalue weighted by atomic mass is 16.1. The molecule has 2 nitrogen and oxygen atoms in total. The van der Waals surface area contributed by atoms with Gasteiger partial charge in [-0.3, -0.25) is 4.79 Å². The standard InChI is InChI=1S/C21H17NO/c1-13-10-16(22)6-8-18(13)21-19-5-3-2-4-14(19)11-15-12-17(23)7-9-20(15)21/h2-10,12H,11,22H2,1H3. The maximum atomic E-state index is 11.8. The Hall–Kier alpha value is -2.87. The van der Waals surface area contributed by atoms with Crippen molar-refractivity contribution in [2.45, 2.75) is 13.3 Å². The fourth-order valence-electron chi connectivity index (χ4n) is 3.49. The molecule has 2 heteroatoms. The Kier molecular flexibility index (Phi) is 3.05. The van der Waals surface area contributed by atoms with Gasteiger partial charge in [-0.15, -0.1) is 0 Å². The van der Waals surface area contributed by atoms with Crippen LogP contribution in [0.2, 0.25) is 0 Å². The van der Waals surface area contributed by atoms with E-state index in [0.717, 1.165) is 28.8 Å². The van der Waals surface area contributed by atoms with Crippen molar-refractivity contribution in [1.29, 1.82) is 0 Å². The number of hydrogen-bond donors (Lipinski definition) is 1. The number of anilines is 1. The fraction of sp³-hybridized carbons (Fsp3) is 0.0952. The third-order valence-electron chi connectivity index (χ3n) is 4.53. The molecule has 0 atom stereocenters. The highest BCUT2D eigenvalue weighted by molar-refractivity contribution is 6.05. The van der Waals surface area contributed by atoms with Gasteiger partial charge in [0.25, 0.3) is 0 Å². The van der Waals surface area contributed by atoms with E-state index in [-0.39, 0.29) is 5.78 Å². The van der Waals surface area contributed by atoms with E-state index in [2.05, 4.69) is 37.3 Å². The molecule has 2 aromatic carbocycles. The number of nitrogens with two attached hydrogens (primary N) is 1. The van der Waals surface area contributed by atoms with Gasteiger partial charge in [0, 0.05) is 5.69 Å². The van der Waals surface area contributed by atoms with E-state index in [4.69, 9.17) is 5.73 Å². The van der Waals surface area contributed by atoms with E-state index in [0.29, 0.717) is 0 Å². The van der Waals surface area contributed by atoms with Crippen molar-refractivity contribution in [1.82, 2.24) is 0 Å². The molecule has 0 heterocycles. The summed E-state index contributed by atoms with van der Waals surface area (Å²) in [5.41, 5.74) is 15.0. The monoisotopic (exact) mass is 299 g/mol. The zero-order valence-corrected chi connectivity index (χ0v) is 13.0. The Labute approximate surface area is 135 Å². The molecule has 23 heavy (non-hydrogen) atoms. The predicted octanol–water partition coefficient (Wildman–Crippen LogP) is 4.00. The molecule has 0 bridgehead atoms. The van der Waals surface area contributed by atoms with E-state index in [1.54, 1.807) is 12.2 Å². The van der Waals surface area contributed by atoms with Gasteiger partial charge in [-0.25, -0.2) is 0 Å². The first-order chi connectivity index (χ1) is 11.1. The Morgan fingerprint density at radius 1 is 1.00 bits per heavy atom. The van der Waals surface area contributed by atoms with Crippen LogP contribution in [-0.4, -0.2) is 5.78 Å². The number of rotatable bonds is 1. The third kappa shape index (κ3) is 2.23. The third-order valence-corrected chi connectivity index (χ3v) is 4.53. The first-order valence-corrected chi connectivity index (χ1v) is 7.75. The maximum Gasteiger partial charge on any atom is 0.178 e. The highest BCUT2D eigenvalue weighted by Gasteiger charge is 2.25. The number of ketones is 1. The van der Waals surface area contributed by atoms with Gasteiger partial charge < -0.3 is 5.73 Å². The molecule has 2 aliphatic carbocycles. The molecule has 112 valence electrons. The Balaban J connectivity index is 2.05. The van der Waals surface area contributed by atoms with Crippen molar-refractivity contribution >= 4 is 17.0 Å². The second kappa shape index (κ2) is 5.10. The average molecular weight is 299 g/mol. The summed E-state index contributed by atoms with van der Waals surface area (Å²) >= 11 is 0. The Bertz CT molecular complexity index is 929. The predicted molar refractivity (Wildman–Crippen MR) is 94.0 cm³/mol. The van der Waals surface area contributed by atoms with Crippen LogP contribution in [0.5, 0.6) is 0 Å². The summed E-state index contributed by atoms with van der Waals surface area (Å²) in [6.07, 6.45) is 6.18. The number of carbonyl (C=O) groups excluding carboxylic acids is 1. The molecule has 0 aromatic heterocycles. The Morgan fingerprint density at radius 3 is 2.65 bits per heavy atom. The molecule has 0 unspecified atom stereocenters. The molecule has 0 fully saturated rings. The second-order valence-electron chi connectivity index (χ2n) is 6.10. The van der Waals surface area contributed by atoms with Crippen LogP contribution in [0.3, 0.4) is 0 Å². The van der Waals surface area contributed by atoms with E-state index < -0.39 is 0 Å². The lowest BCUT2D eigenvalue weighted by Gasteiger charge is -2.27. The van der Waals surface area contributed by atoms with Gasteiger partial charge >= 0.3 is 0 Å². The first kappa shape index (κ1) is 13.8. The quantitative estimate of drug-likeness (QED) is 0.809.